The van der Waals surface area contributed by atoms with Crippen LogP contribution in [0.5, 0.6) is 0 Å². The molecule has 0 spiro atoms. The van der Waals surface area contributed by atoms with Crippen LogP contribution >= 0.6 is 0 Å². The number of carbonyl (C=O) groups is 3. The highest BCUT2D eigenvalue weighted by Gasteiger charge is 2.40. The van der Waals surface area contributed by atoms with E-state index in [1.165, 1.54) is 7.11 Å². The normalized spacial score (nSPS) is 19.8. The zero-order valence-electron chi connectivity index (χ0n) is 13.6. The lowest BCUT2D eigenvalue weighted by atomic mass is 9.89. The molecule has 0 saturated carbocycles. The van der Waals surface area contributed by atoms with E-state index in [1.54, 1.807) is 4.90 Å². The van der Waals surface area contributed by atoms with Gasteiger partial charge in [0.1, 0.15) is 0 Å². The van der Waals surface area contributed by atoms with Crippen LogP contribution in [0.25, 0.3) is 0 Å². The van der Waals surface area contributed by atoms with Crippen LogP contribution in [0, 0.1) is 5.92 Å². The van der Waals surface area contributed by atoms with Crippen molar-refractivity contribution in [2.45, 2.75) is 18.8 Å². The van der Waals surface area contributed by atoms with Gasteiger partial charge in [-0.05, 0) is 12.0 Å². The van der Waals surface area contributed by atoms with E-state index in [1.807, 2.05) is 30.3 Å². The van der Waals surface area contributed by atoms with Gasteiger partial charge in [0.25, 0.3) is 0 Å². The lowest BCUT2D eigenvalue weighted by Gasteiger charge is -2.17. The number of carboxylic acid groups (broad SMARTS) is 1. The standard InChI is InChI=1S/C17H22N2O5/c1-24-16(22)14-11-19(17(23)18-9-5-8-15(20)21)10-13(14)12-6-3-2-4-7-12/h2-4,6-7,13-14H,5,8-11H2,1H3,(H,18,23)(H,20,21)/t13-,14-/m1/s1. The zero-order valence-corrected chi connectivity index (χ0v) is 13.6. The summed E-state index contributed by atoms with van der Waals surface area (Å²) >= 11 is 0. The largest absolute Gasteiger partial charge is 0.481 e. The number of carboxylic acids is 1. The van der Waals surface area contributed by atoms with Gasteiger partial charge in [-0.25, -0.2) is 4.79 Å². The van der Waals surface area contributed by atoms with Crippen molar-refractivity contribution < 1.29 is 24.2 Å². The molecule has 24 heavy (non-hydrogen) atoms. The number of rotatable bonds is 6. The van der Waals surface area contributed by atoms with Crippen LogP contribution in [0.1, 0.15) is 24.3 Å². The van der Waals surface area contributed by atoms with Gasteiger partial charge in [-0.3, -0.25) is 9.59 Å². The maximum absolute atomic E-state index is 12.2. The summed E-state index contributed by atoms with van der Waals surface area (Å²) < 4.78 is 4.88. The maximum Gasteiger partial charge on any atom is 0.317 e. The molecule has 1 aromatic rings. The van der Waals surface area contributed by atoms with Gasteiger partial charge >= 0.3 is 18.0 Å². The average molecular weight is 334 g/mol. The van der Waals surface area contributed by atoms with Crippen LogP contribution in [-0.4, -0.2) is 54.7 Å². The Morgan fingerprint density at radius 2 is 1.96 bits per heavy atom. The Morgan fingerprint density at radius 3 is 2.58 bits per heavy atom. The van der Waals surface area contributed by atoms with E-state index in [-0.39, 0.29) is 30.9 Å². The van der Waals surface area contributed by atoms with Crippen molar-refractivity contribution in [3.8, 4) is 0 Å². The second-order valence-corrected chi connectivity index (χ2v) is 5.78. The molecule has 1 heterocycles. The number of carbonyl (C=O) groups excluding carboxylic acids is 2. The third-order valence-electron chi connectivity index (χ3n) is 4.18. The topological polar surface area (TPSA) is 95.9 Å². The number of methoxy groups -OCH3 is 1. The van der Waals surface area contributed by atoms with Crippen LogP contribution in [0.4, 0.5) is 4.79 Å². The monoisotopic (exact) mass is 334 g/mol. The summed E-state index contributed by atoms with van der Waals surface area (Å²) in [6, 6.07) is 9.30. The van der Waals surface area contributed by atoms with Crippen LogP contribution < -0.4 is 5.32 Å². The third-order valence-corrected chi connectivity index (χ3v) is 4.18. The molecule has 2 rings (SSSR count). The quantitative estimate of drug-likeness (QED) is 0.606. The first-order chi connectivity index (χ1) is 11.5. The number of hydrogen-bond donors (Lipinski definition) is 2. The number of nitrogens with one attached hydrogen (secondary N) is 1. The fourth-order valence-corrected chi connectivity index (χ4v) is 2.94. The molecule has 0 radical (unpaired) electrons. The number of esters is 1. The number of urea groups is 1. The van der Waals surface area contributed by atoms with Crippen molar-refractivity contribution in [3.05, 3.63) is 35.9 Å². The summed E-state index contributed by atoms with van der Waals surface area (Å²) in [5.41, 5.74) is 0.995. The minimum atomic E-state index is -0.889. The molecule has 2 N–H and O–H groups in total. The van der Waals surface area contributed by atoms with Crippen molar-refractivity contribution in [2.75, 3.05) is 26.7 Å². The van der Waals surface area contributed by atoms with E-state index in [0.29, 0.717) is 19.5 Å². The molecule has 2 atom stereocenters. The van der Waals surface area contributed by atoms with E-state index in [9.17, 15) is 14.4 Å². The van der Waals surface area contributed by atoms with Gasteiger partial charge in [-0.2, -0.15) is 0 Å². The van der Waals surface area contributed by atoms with Gasteiger partial charge in [-0.1, -0.05) is 30.3 Å². The molecule has 0 bridgehead atoms. The summed E-state index contributed by atoms with van der Waals surface area (Å²) in [5.74, 6) is -1.73. The number of amides is 2. The van der Waals surface area contributed by atoms with Gasteiger partial charge < -0.3 is 20.1 Å². The summed E-state index contributed by atoms with van der Waals surface area (Å²) in [6.07, 6.45) is 0.384. The lowest BCUT2D eigenvalue weighted by molar-refractivity contribution is -0.145. The minimum Gasteiger partial charge on any atom is -0.481 e. The summed E-state index contributed by atoms with van der Waals surface area (Å²) in [4.78, 5) is 36.4. The molecule has 1 fully saturated rings. The molecular formula is C17H22N2O5. The molecule has 1 aliphatic heterocycles. The van der Waals surface area contributed by atoms with E-state index in [2.05, 4.69) is 5.32 Å². The molecule has 0 unspecified atom stereocenters. The van der Waals surface area contributed by atoms with Crippen molar-refractivity contribution in [3.63, 3.8) is 0 Å². The first-order valence-corrected chi connectivity index (χ1v) is 7.90. The zero-order chi connectivity index (χ0) is 17.5. The fourth-order valence-electron chi connectivity index (χ4n) is 2.94. The summed E-state index contributed by atoms with van der Waals surface area (Å²) in [6.45, 7) is 1.01. The predicted molar refractivity (Wildman–Crippen MR) is 86.5 cm³/mol. The Morgan fingerprint density at radius 1 is 1.25 bits per heavy atom. The second-order valence-electron chi connectivity index (χ2n) is 5.78. The Kier molecular flexibility index (Phi) is 6.17. The van der Waals surface area contributed by atoms with Gasteiger partial charge in [0, 0.05) is 32.0 Å². The Labute approximate surface area is 140 Å². The number of aliphatic carboxylic acids is 1. The van der Waals surface area contributed by atoms with Crippen LogP contribution in [0.15, 0.2) is 30.3 Å². The van der Waals surface area contributed by atoms with Crippen molar-refractivity contribution in [2.24, 2.45) is 5.92 Å². The van der Waals surface area contributed by atoms with Crippen LogP contribution in [0.2, 0.25) is 0 Å². The molecule has 1 saturated heterocycles. The first kappa shape index (κ1) is 17.8. The first-order valence-electron chi connectivity index (χ1n) is 7.90. The Bertz CT molecular complexity index is 590. The molecule has 2 amide bonds. The molecule has 130 valence electrons. The highest BCUT2D eigenvalue weighted by molar-refractivity contribution is 5.79. The number of likely N-dealkylation sites (tertiary alicyclic amines) is 1. The Balaban J connectivity index is 1.99. The summed E-state index contributed by atoms with van der Waals surface area (Å²) in [7, 11) is 1.35. The number of ether oxygens (including phenoxy) is 1. The summed E-state index contributed by atoms with van der Waals surface area (Å²) in [5, 5.41) is 11.3. The molecule has 1 aromatic carbocycles. The number of benzene rings is 1. The van der Waals surface area contributed by atoms with Gasteiger partial charge in [0.2, 0.25) is 0 Å². The highest BCUT2D eigenvalue weighted by atomic mass is 16.5. The van der Waals surface area contributed by atoms with Crippen LogP contribution in [-0.2, 0) is 14.3 Å². The average Bonchev–Trinajstić information content (AvgIpc) is 3.04. The smallest absolute Gasteiger partial charge is 0.317 e. The predicted octanol–water partition coefficient (Wildman–Crippen LogP) is 1.45. The van der Waals surface area contributed by atoms with Crippen molar-refractivity contribution in [1.29, 1.82) is 0 Å². The molecular weight excluding hydrogens is 312 g/mol. The van der Waals surface area contributed by atoms with Gasteiger partial charge in [-0.15, -0.1) is 0 Å². The maximum atomic E-state index is 12.2. The lowest BCUT2D eigenvalue weighted by Crippen LogP contribution is -2.39. The van der Waals surface area contributed by atoms with Gasteiger partial charge in [0.05, 0.1) is 13.0 Å². The molecule has 1 aliphatic rings. The third kappa shape index (κ3) is 4.47. The second kappa shape index (κ2) is 8.33. The number of hydrogen-bond acceptors (Lipinski definition) is 4. The Hall–Kier alpha value is -2.57. The minimum absolute atomic E-state index is 0.0116. The van der Waals surface area contributed by atoms with Crippen molar-refractivity contribution >= 4 is 18.0 Å². The molecule has 0 aliphatic carbocycles. The van der Waals surface area contributed by atoms with Crippen molar-refractivity contribution in [1.82, 2.24) is 10.2 Å². The van der Waals surface area contributed by atoms with E-state index < -0.39 is 11.9 Å². The molecule has 7 heteroatoms. The number of nitrogens with zero attached hydrogens (tertiary/aromatic N) is 1. The van der Waals surface area contributed by atoms with E-state index >= 15 is 0 Å². The molecule has 0 aromatic heterocycles. The van der Waals surface area contributed by atoms with Gasteiger partial charge in [0.15, 0.2) is 0 Å². The highest BCUT2D eigenvalue weighted by Crippen LogP contribution is 2.33. The molecule has 7 nitrogen and oxygen atoms in total. The van der Waals surface area contributed by atoms with Crippen LogP contribution in [0.3, 0.4) is 0 Å². The SMILES string of the molecule is COC(=O)[C@@H]1CN(C(=O)NCCCC(=O)O)C[C@@H]1c1ccccc1. The van der Waals surface area contributed by atoms with E-state index in [0.717, 1.165) is 5.56 Å². The van der Waals surface area contributed by atoms with E-state index in [4.69, 9.17) is 9.84 Å². The fraction of sp³-hybridized carbons (Fsp3) is 0.471.